The molecule has 0 aromatic carbocycles. The number of anilines is 1. The summed E-state index contributed by atoms with van der Waals surface area (Å²) in [5.74, 6) is 0.785. The Morgan fingerprint density at radius 3 is 3.08 bits per heavy atom. The molecule has 1 aromatic rings. The molecule has 0 radical (unpaired) electrons. The lowest BCUT2D eigenvalue weighted by Crippen LogP contribution is -2.16. The average Bonchev–Trinajstić information content (AvgIpc) is 2.16. The second kappa shape index (κ2) is 5.48. The van der Waals surface area contributed by atoms with E-state index in [1.165, 1.54) is 0 Å². The van der Waals surface area contributed by atoms with Gasteiger partial charge in [0.15, 0.2) is 0 Å². The van der Waals surface area contributed by atoms with Gasteiger partial charge in [-0.05, 0) is 31.9 Å². The Labute approximate surface area is 78.0 Å². The summed E-state index contributed by atoms with van der Waals surface area (Å²) in [6.45, 7) is 2.30. The van der Waals surface area contributed by atoms with Gasteiger partial charge in [0.2, 0.25) is 0 Å². The first kappa shape index (κ1) is 9.92. The number of nitrogens with one attached hydrogen (secondary N) is 1. The van der Waals surface area contributed by atoms with Crippen LogP contribution in [0.2, 0.25) is 0 Å². The predicted octanol–water partition coefficient (Wildman–Crippen LogP) is 1.05. The maximum atomic E-state index is 8.63. The molecule has 1 aromatic heterocycles. The minimum atomic E-state index is 0.243. The van der Waals surface area contributed by atoms with Crippen molar-refractivity contribution in [1.82, 2.24) is 10.2 Å². The smallest absolute Gasteiger partial charge is 0.148 e. The Balaban J connectivity index is 2.32. The van der Waals surface area contributed by atoms with Crippen LogP contribution in [0.5, 0.6) is 0 Å². The standard InChI is InChI=1S/C9H15N3O/c1-8(4-3-7-13)11-9-5-2-6-10-12-9/h2,5-6,8,13H,3-4,7H2,1H3,(H,11,12). The van der Waals surface area contributed by atoms with Gasteiger partial charge in [0, 0.05) is 18.8 Å². The molecule has 0 spiro atoms. The molecular weight excluding hydrogens is 166 g/mol. The van der Waals surface area contributed by atoms with Crippen molar-refractivity contribution in [2.75, 3.05) is 11.9 Å². The molecule has 72 valence electrons. The molecule has 0 bridgehead atoms. The Morgan fingerprint density at radius 1 is 1.62 bits per heavy atom. The van der Waals surface area contributed by atoms with Gasteiger partial charge in [-0.25, -0.2) is 0 Å². The number of aliphatic hydroxyl groups excluding tert-OH is 1. The van der Waals surface area contributed by atoms with Crippen LogP contribution in [0.3, 0.4) is 0 Å². The van der Waals surface area contributed by atoms with Gasteiger partial charge in [0.25, 0.3) is 0 Å². The van der Waals surface area contributed by atoms with Crippen LogP contribution >= 0.6 is 0 Å². The quantitative estimate of drug-likeness (QED) is 0.712. The van der Waals surface area contributed by atoms with E-state index in [4.69, 9.17) is 5.11 Å². The first-order valence-electron chi connectivity index (χ1n) is 4.48. The van der Waals surface area contributed by atoms with E-state index in [9.17, 15) is 0 Å². The van der Waals surface area contributed by atoms with Gasteiger partial charge in [-0.1, -0.05) is 0 Å². The zero-order valence-electron chi connectivity index (χ0n) is 7.77. The van der Waals surface area contributed by atoms with Gasteiger partial charge >= 0.3 is 0 Å². The van der Waals surface area contributed by atoms with E-state index in [1.54, 1.807) is 6.20 Å². The van der Waals surface area contributed by atoms with E-state index in [2.05, 4.69) is 22.4 Å². The second-order valence-electron chi connectivity index (χ2n) is 3.02. The fraction of sp³-hybridized carbons (Fsp3) is 0.556. The maximum Gasteiger partial charge on any atom is 0.148 e. The number of nitrogens with zero attached hydrogens (tertiary/aromatic N) is 2. The van der Waals surface area contributed by atoms with Crippen LogP contribution in [0.15, 0.2) is 18.3 Å². The highest BCUT2D eigenvalue weighted by atomic mass is 16.2. The Bertz CT molecular complexity index is 228. The highest BCUT2D eigenvalue weighted by Gasteiger charge is 2.01. The highest BCUT2D eigenvalue weighted by Crippen LogP contribution is 2.04. The molecule has 4 nitrogen and oxygen atoms in total. The van der Waals surface area contributed by atoms with Crippen LogP contribution in [0, 0.1) is 0 Å². The summed E-state index contributed by atoms with van der Waals surface area (Å²) in [7, 11) is 0. The molecule has 0 saturated heterocycles. The Hall–Kier alpha value is -1.16. The Kier molecular flexibility index (Phi) is 4.18. The minimum absolute atomic E-state index is 0.243. The summed E-state index contributed by atoms with van der Waals surface area (Å²) in [4.78, 5) is 0. The van der Waals surface area contributed by atoms with E-state index in [-0.39, 0.29) is 6.61 Å². The van der Waals surface area contributed by atoms with Gasteiger partial charge in [-0.3, -0.25) is 0 Å². The molecule has 1 atom stereocenters. The number of aliphatic hydroxyl groups is 1. The van der Waals surface area contributed by atoms with Crippen molar-refractivity contribution in [3.05, 3.63) is 18.3 Å². The molecule has 0 saturated carbocycles. The lowest BCUT2D eigenvalue weighted by Gasteiger charge is -2.12. The fourth-order valence-corrected chi connectivity index (χ4v) is 1.10. The second-order valence-corrected chi connectivity index (χ2v) is 3.02. The third-order valence-electron chi connectivity index (χ3n) is 1.76. The summed E-state index contributed by atoms with van der Waals surface area (Å²) in [6.07, 6.45) is 3.39. The van der Waals surface area contributed by atoms with Gasteiger partial charge in [-0.15, -0.1) is 5.10 Å². The first-order valence-corrected chi connectivity index (χ1v) is 4.48. The molecule has 0 aliphatic carbocycles. The topological polar surface area (TPSA) is 58.0 Å². The lowest BCUT2D eigenvalue weighted by molar-refractivity contribution is 0.282. The van der Waals surface area contributed by atoms with Crippen LogP contribution in [-0.2, 0) is 0 Å². The molecular formula is C9H15N3O. The van der Waals surface area contributed by atoms with Crippen LogP contribution in [-0.4, -0.2) is 28.0 Å². The van der Waals surface area contributed by atoms with Crippen molar-refractivity contribution in [2.45, 2.75) is 25.8 Å². The van der Waals surface area contributed by atoms with Crippen LogP contribution in [0.25, 0.3) is 0 Å². The first-order chi connectivity index (χ1) is 6.33. The number of rotatable bonds is 5. The largest absolute Gasteiger partial charge is 0.396 e. The van der Waals surface area contributed by atoms with Crippen LogP contribution in [0.1, 0.15) is 19.8 Å². The zero-order valence-corrected chi connectivity index (χ0v) is 7.77. The van der Waals surface area contributed by atoms with Crippen molar-refractivity contribution in [3.8, 4) is 0 Å². The van der Waals surface area contributed by atoms with Gasteiger partial charge < -0.3 is 10.4 Å². The van der Waals surface area contributed by atoms with E-state index in [0.29, 0.717) is 6.04 Å². The maximum absolute atomic E-state index is 8.63. The van der Waals surface area contributed by atoms with E-state index < -0.39 is 0 Å². The summed E-state index contributed by atoms with van der Waals surface area (Å²) >= 11 is 0. The van der Waals surface area contributed by atoms with Crippen LogP contribution in [0.4, 0.5) is 5.82 Å². The van der Waals surface area contributed by atoms with E-state index in [1.807, 2.05) is 12.1 Å². The third kappa shape index (κ3) is 3.85. The highest BCUT2D eigenvalue weighted by molar-refractivity contribution is 5.32. The molecule has 0 aliphatic rings. The molecule has 2 N–H and O–H groups in total. The Morgan fingerprint density at radius 2 is 2.46 bits per heavy atom. The van der Waals surface area contributed by atoms with Gasteiger partial charge in [-0.2, -0.15) is 5.10 Å². The molecule has 0 aliphatic heterocycles. The van der Waals surface area contributed by atoms with Crippen LogP contribution < -0.4 is 5.32 Å². The summed E-state index contributed by atoms with van der Waals surface area (Å²) in [5.41, 5.74) is 0. The summed E-state index contributed by atoms with van der Waals surface area (Å²) < 4.78 is 0. The monoisotopic (exact) mass is 181 g/mol. The summed E-state index contributed by atoms with van der Waals surface area (Å²) in [5, 5.41) is 19.5. The minimum Gasteiger partial charge on any atom is -0.396 e. The van der Waals surface area contributed by atoms with E-state index in [0.717, 1.165) is 18.7 Å². The normalized spacial score (nSPS) is 12.5. The molecule has 0 fully saturated rings. The van der Waals surface area contributed by atoms with E-state index >= 15 is 0 Å². The van der Waals surface area contributed by atoms with Gasteiger partial charge in [0.1, 0.15) is 5.82 Å². The van der Waals surface area contributed by atoms with Crippen molar-refractivity contribution in [1.29, 1.82) is 0 Å². The van der Waals surface area contributed by atoms with Crippen molar-refractivity contribution < 1.29 is 5.11 Å². The number of hydrogen-bond acceptors (Lipinski definition) is 4. The third-order valence-corrected chi connectivity index (χ3v) is 1.76. The van der Waals surface area contributed by atoms with Gasteiger partial charge in [0.05, 0.1) is 0 Å². The molecule has 1 heterocycles. The SMILES string of the molecule is CC(CCCO)Nc1cccnn1. The molecule has 1 rings (SSSR count). The van der Waals surface area contributed by atoms with Crippen molar-refractivity contribution in [2.24, 2.45) is 0 Å². The fourth-order valence-electron chi connectivity index (χ4n) is 1.10. The molecule has 13 heavy (non-hydrogen) atoms. The van der Waals surface area contributed by atoms with Crippen molar-refractivity contribution >= 4 is 5.82 Å². The zero-order chi connectivity index (χ0) is 9.52. The number of aromatic nitrogens is 2. The predicted molar refractivity (Wildman–Crippen MR) is 51.4 cm³/mol. The summed E-state index contributed by atoms with van der Waals surface area (Å²) in [6, 6.07) is 4.04. The molecule has 4 heteroatoms. The lowest BCUT2D eigenvalue weighted by atomic mass is 10.2. The molecule has 0 amide bonds. The molecule has 1 unspecified atom stereocenters. The number of hydrogen-bond donors (Lipinski definition) is 2. The average molecular weight is 181 g/mol. The van der Waals surface area contributed by atoms with Crippen molar-refractivity contribution in [3.63, 3.8) is 0 Å².